The van der Waals surface area contributed by atoms with Gasteiger partial charge in [-0.1, -0.05) is 12.1 Å². The second kappa shape index (κ2) is 4.46. The van der Waals surface area contributed by atoms with Gasteiger partial charge in [-0.25, -0.2) is 9.18 Å². The number of rotatable bonds is 2. The van der Waals surface area contributed by atoms with Crippen LogP contribution in [0, 0.1) is 5.82 Å². The lowest BCUT2D eigenvalue weighted by Gasteiger charge is -2.27. The van der Waals surface area contributed by atoms with E-state index in [0.29, 0.717) is 0 Å². The Labute approximate surface area is 110 Å². The monoisotopic (exact) mass is 291 g/mol. The molecule has 1 aromatic carbocycles. The number of carboxylic acid groups (broad SMARTS) is 1. The molecule has 1 aromatic rings. The van der Waals surface area contributed by atoms with Crippen LogP contribution in [-0.4, -0.2) is 23.2 Å². The summed E-state index contributed by atoms with van der Waals surface area (Å²) >= 11 is 0. The van der Waals surface area contributed by atoms with Crippen molar-refractivity contribution in [2.75, 3.05) is 0 Å². The molecule has 108 valence electrons. The minimum absolute atomic E-state index is 0.0115. The van der Waals surface area contributed by atoms with E-state index in [1.807, 2.05) is 0 Å². The van der Waals surface area contributed by atoms with Crippen LogP contribution in [0.1, 0.15) is 17.5 Å². The summed E-state index contributed by atoms with van der Waals surface area (Å²) in [4.78, 5) is 22.4. The van der Waals surface area contributed by atoms with Crippen molar-refractivity contribution in [2.24, 2.45) is 0 Å². The molecule has 0 spiro atoms. The van der Waals surface area contributed by atoms with Gasteiger partial charge in [-0.15, -0.1) is 0 Å². The van der Waals surface area contributed by atoms with Crippen LogP contribution in [0.4, 0.5) is 17.6 Å². The largest absolute Gasteiger partial charge is 0.479 e. The molecule has 8 heteroatoms. The van der Waals surface area contributed by atoms with Gasteiger partial charge < -0.3 is 10.4 Å². The maximum atomic E-state index is 13.5. The third-order valence-corrected chi connectivity index (χ3v) is 3.28. The van der Waals surface area contributed by atoms with Crippen molar-refractivity contribution < 1.29 is 32.3 Å². The first-order valence-electron chi connectivity index (χ1n) is 5.59. The van der Waals surface area contributed by atoms with Crippen LogP contribution >= 0.6 is 0 Å². The lowest BCUT2D eigenvalue weighted by molar-refractivity contribution is -0.178. The second-order valence-electron chi connectivity index (χ2n) is 4.43. The van der Waals surface area contributed by atoms with Crippen LogP contribution in [0.2, 0.25) is 0 Å². The van der Waals surface area contributed by atoms with E-state index < -0.39 is 29.4 Å². The van der Waals surface area contributed by atoms with E-state index in [-0.39, 0.29) is 24.0 Å². The maximum absolute atomic E-state index is 13.5. The fourth-order valence-electron chi connectivity index (χ4n) is 2.33. The lowest BCUT2D eigenvalue weighted by Crippen LogP contribution is -2.54. The quantitative estimate of drug-likeness (QED) is 0.816. The highest BCUT2D eigenvalue weighted by molar-refractivity contribution is 5.91. The van der Waals surface area contributed by atoms with E-state index in [1.54, 1.807) is 0 Å². The number of alkyl halides is 3. The Balaban J connectivity index is 2.48. The summed E-state index contributed by atoms with van der Waals surface area (Å²) in [7, 11) is 0. The molecule has 1 unspecified atom stereocenters. The van der Waals surface area contributed by atoms with E-state index in [0.717, 1.165) is 6.07 Å². The van der Waals surface area contributed by atoms with Gasteiger partial charge in [0.2, 0.25) is 0 Å². The minimum Gasteiger partial charge on any atom is -0.479 e. The molecule has 2 N–H and O–H groups in total. The van der Waals surface area contributed by atoms with Crippen molar-refractivity contribution in [1.29, 1.82) is 0 Å². The van der Waals surface area contributed by atoms with E-state index in [9.17, 15) is 32.3 Å². The van der Waals surface area contributed by atoms with E-state index >= 15 is 0 Å². The highest BCUT2D eigenvalue weighted by Crippen LogP contribution is 2.39. The number of aliphatic carboxylic acids is 1. The third kappa shape index (κ3) is 2.10. The molecule has 4 nitrogen and oxygen atoms in total. The van der Waals surface area contributed by atoms with Crippen molar-refractivity contribution in [2.45, 2.75) is 24.6 Å². The highest BCUT2D eigenvalue weighted by Gasteiger charge is 2.52. The Kier molecular flexibility index (Phi) is 3.19. The molecule has 0 heterocycles. The SMILES string of the molecule is O=C(NC1(C(=O)O)CCc2c(F)cccc21)C(F)(F)F. The Hall–Kier alpha value is -2.12. The van der Waals surface area contributed by atoms with Gasteiger partial charge in [0.25, 0.3) is 0 Å². The normalized spacial score (nSPS) is 21.4. The van der Waals surface area contributed by atoms with Crippen molar-refractivity contribution in [3.63, 3.8) is 0 Å². The van der Waals surface area contributed by atoms with Crippen LogP contribution in [-0.2, 0) is 21.5 Å². The summed E-state index contributed by atoms with van der Waals surface area (Å²) < 4.78 is 50.5. The number of fused-ring (bicyclic) bond motifs is 1. The molecule has 0 bridgehead atoms. The summed E-state index contributed by atoms with van der Waals surface area (Å²) in [5, 5.41) is 10.7. The number of carbonyl (C=O) groups is 2. The predicted molar refractivity (Wildman–Crippen MR) is 58.2 cm³/mol. The average Bonchev–Trinajstić information content (AvgIpc) is 2.70. The van der Waals surface area contributed by atoms with Crippen LogP contribution in [0.15, 0.2) is 18.2 Å². The van der Waals surface area contributed by atoms with Gasteiger partial charge in [-0.05, 0) is 30.0 Å². The fourth-order valence-corrected chi connectivity index (χ4v) is 2.33. The smallest absolute Gasteiger partial charge is 0.471 e. The first kappa shape index (κ1) is 14.3. The molecule has 0 aromatic heterocycles. The van der Waals surface area contributed by atoms with Crippen molar-refractivity contribution in [3.8, 4) is 0 Å². The average molecular weight is 291 g/mol. The number of hydrogen-bond donors (Lipinski definition) is 2. The summed E-state index contributed by atoms with van der Waals surface area (Å²) in [5.41, 5.74) is -2.38. The standard InChI is InChI=1S/C12H9F4NO3/c13-8-3-1-2-7-6(8)4-5-11(7,10(19)20)17-9(18)12(14,15)16/h1-3H,4-5H2,(H,17,18)(H,19,20). The first-order chi connectivity index (χ1) is 9.18. The zero-order valence-electron chi connectivity index (χ0n) is 9.92. The molecule has 0 saturated heterocycles. The number of carbonyl (C=O) groups excluding carboxylic acids is 1. The molecule has 20 heavy (non-hydrogen) atoms. The number of halogens is 4. The molecule has 1 aliphatic carbocycles. The molecule has 0 saturated carbocycles. The summed E-state index contributed by atoms with van der Waals surface area (Å²) in [6.07, 6.45) is -5.61. The molecule has 0 fully saturated rings. The van der Waals surface area contributed by atoms with Crippen molar-refractivity contribution in [3.05, 3.63) is 35.1 Å². The third-order valence-electron chi connectivity index (χ3n) is 3.28. The van der Waals surface area contributed by atoms with Gasteiger partial charge in [0, 0.05) is 0 Å². The van der Waals surface area contributed by atoms with Crippen LogP contribution in [0.3, 0.4) is 0 Å². The summed E-state index contributed by atoms with van der Waals surface area (Å²) in [5.74, 6) is -4.72. The second-order valence-corrected chi connectivity index (χ2v) is 4.43. The highest BCUT2D eigenvalue weighted by atomic mass is 19.4. The maximum Gasteiger partial charge on any atom is 0.471 e. The Bertz CT molecular complexity index is 585. The molecule has 0 radical (unpaired) electrons. The van der Waals surface area contributed by atoms with Crippen LogP contribution < -0.4 is 5.32 Å². The van der Waals surface area contributed by atoms with Gasteiger partial charge in [0.05, 0.1) is 0 Å². The van der Waals surface area contributed by atoms with E-state index in [4.69, 9.17) is 0 Å². The minimum atomic E-state index is -5.21. The first-order valence-corrected chi connectivity index (χ1v) is 5.59. The zero-order valence-corrected chi connectivity index (χ0v) is 9.92. The molecular formula is C12H9F4NO3. The topological polar surface area (TPSA) is 66.4 Å². The molecular weight excluding hydrogens is 282 g/mol. The van der Waals surface area contributed by atoms with Gasteiger partial charge in [-0.3, -0.25) is 4.79 Å². The Morgan fingerprint density at radius 1 is 1.30 bits per heavy atom. The molecule has 1 amide bonds. The summed E-state index contributed by atoms with van der Waals surface area (Å²) in [6, 6.07) is 3.48. The van der Waals surface area contributed by atoms with E-state index in [2.05, 4.69) is 0 Å². The molecule has 1 aliphatic rings. The van der Waals surface area contributed by atoms with Gasteiger partial charge in [0.1, 0.15) is 5.82 Å². The van der Waals surface area contributed by atoms with Gasteiger partial charge in [0.15, 0.2) is 5.54 Å². The van der Waals surface area contributed by atoms with Crippen LogP contribution in [0.5, 0.6) is 0 Å². The molecule has 2 rings (SSSR count). The van der Waals surface area contributed by atoms with Gasteiger partial charge >= 0.3 is 18.1 Å². The van der Waals surface area contributed by atoms with Crippen molar-refractivity contribution in [1.82, 2.24) is 5.32 Å². The summed E-state index contributed by atoms with van der Waals surface area (Å²) in [6.45, 7) is 0. The fraction of sp³-hybridized carbons (Fsp3) is 0.333. The van der Waals surface area contributed by atoms with Crippen molar-refractivity contribution >= 4 is 11.9 Å². The predicted octanol–water partition coefficient (Wildman–Crippen LogP) is 1.73. The lowest BCUT2D eigenvalue weighted by atomic mass is 9.91. The van der Waals surface area contributed by atoms with Crippen LogP contribution in [0.25, 0.3) is 0 Å². The Morgan fingerprint density at radius 3 is 2.50 bits per heavy atom. The number of amides is 1. The van der Waals surface area contributed by atoms with Gasteiger partial charge in [-0.2, -0.15) is 13.2 Å². The number of carboxylic acids is 1. The molecule has 1 atom stereocenters. The number of nitrogens with one attached hydrogen (secondary N) is 1. The van der Waals surface area contributed by atoms with E-state index in [1.165, 1.54) is 17.4 Å². The Morgan fingerprint density at radius 2 is 1.95 bits per heavy atom. The number of benzene rings is 1. The number of hydrogen-bond acceptors (Lipinski definition) is 2. The zero-order chi connectivity index (χ0) is 15.1. The molecule has 0 aliphatic heterocycles.